The molecule has 8 nitrogen and oxygen atoms in total. The number of sulfonamides is 1. The van der Waals surface area contributed by atoms with Crippen molar-refractivity contribution in [3.05, 3.63) is 35.3 Å². The molecular formula is C21H29FN4O4S. The molecule has 170 valence electrons. The van der Waals surface area contributed by atoms with Crippen LogP contribution in [-0.4, -0.2) is 30.8 Å². The summed E-state index contributed by atoms with van der Waals surface area (Å²) in [5.74, 6) is -0.190. The number of benzene rings is 1. The van der Waals surface area contributed by atoms with Crippen molar-refractivity contribution >= 4 is 21.7 Å². The molecule has 0 radical (unpaired) electrons. The third-order valence-corrected chi connectivity index (χ3v) is 6.70. The third kappa shape index (κ3) is 4.84. The highest BCUT2D eigenvalue weighted by Gasteiger charge is 2.31. The second kappa shape index (κ2) is 8.86. The number of carbonyl (C=O) groups is 1. The molecule has 2 N–H and O–H groups in total. The number of nitrogens with one attached hydrogen (secondary N) is 2. The molecule has 0 fully saturated rings. The SMILES string of the molecule is CC[C@H]1COc2c(S(=O)(=O)NC(=O)Nc3c(C(C)C)cc(F)cc3C(C)C)cnn2C1. The number of nitrogens with zero attached hydrogens (tertiary/aromatic N) is 2. The monoisotopic (exact) mass is 452 g/mol. The molecule has 0 bridgehead atoms. The number of ether oxygens (including phenoxy) is 1. The Hall–Kier alpha value is -2.62. The molecule has 2 heterocycles. The topological polar surface area (TPSA) is 102 Å². The molecule has 1 aromatic heterocycles. The van der Waals surface area contributed by atoms with Gasteiger partial charge in [0.2, 0.25) is 5.88 Å². The Bertz CT molecular complexity index is 1050. The summed E-state index contributed by atoms with van der Waals surface area (Å²) in [6.45, 7) is 10.5. The number of fused-ring (bicyclic) bond motifs is 1. The van der Waals surface area contributed by atoms with E-state index in [1.165, 1.54) is 23.0 Å². The van der Waals surface area contributed by atoms with Gasteiger partial charge in [-0.1, -0.05) is 34.6 Å². The van der Waals surface area contributed by atoms with Crippen molar-refractivity contribution in [2.75, 3.05) is 11.9 Å². The van der Waals surface area contributed by atoms with Crippen LogP contribution in [0, 0.1) is 11.7 Å². The first-order valence-corrected chi connectivity index (χ1v) is 11.9. The normalized spacial score (nSPS) is 16.2. The van der Waals surface area contributed by atoms with Crippen molar-refractivity contribution in [2.24, 2.45) is 5.92 Å². The van der Waals surface area contributed by atoms with E-state index in [2.05, 4.69) is 10.4 Å². The summed E-state index contributed by atoms with van der Waals surface area (Å²) in [6, 6.07) is 1.78. The molecule has 0 spiro atoms. The smallest absolute Gasteiger partial charge is 0.333 e. The molecule has 31 heavy (non-hydrogen) atoms. The molecule has 0 aliphatic carbocycles. The molecule has 3 rings (SSSR count). The molecule has 2 aromatic rings. The molecule has 0 unspecified atom stereocenters. The second-order valence-electron chi connectivity index (χ2n) is 8.41. The van der Waals surface area contributed by atoms with Gasteiger partial charge in [-0.05, 0) is 41.5 Å². The van der Waals surface area contributed by atoms with Gasteiger partial charge in [-0.25, -0.2) is 27.0 Å². The van der Waals surface area contributed by atoms with Gasteiger partial charge >= 0.3 is 6.03 Å². The van der Waals surface area contributed by atoms with Crippen molar-refractivity contribution in [3.8, 4) is 5.88 Å². The van der Waals surface area contributed by atoms with Crippen LogP contribution in [0.4, 0.5) is 14.9 Å². The van der Waals surface area contributed by atoms with Crippen LogP contribution in [0.1, 0.15) is 64.0 Å². The number of carbonyl (C=O) groups excluding carboxylic acids is 1. The van der Waals surface area contributed by atoms with E-state index in [9.17, 15) is 17.6 Å². The van der Waals surface area contributed by atoms with Crippen LogP contribution in [0.25, 0.3) is 0 Å². The van der Waals surface area contributed by atoms with Gasteiger partial charge in [0.15, 0.2) is 4.90 Å². The molecule has 0 saturated heterocycles. The Balaban J connectivity index is 1.86. The van der Waals surface area contributed by atoms with Gasteiger partial charge in [0.1, 0.15) is 5.82 Å². The number of hydrogen-bond acceptors (Lipinski definition) is 5. The third-order valence-electron chi connectivity index (χ3n) is 5.39. The summed E-state index contributed by atoms with van der Waals surface area (Å²) in [5.41, 5.74) is 1.60. The van der Waals surface area contributed by atoms with Crippen molar-refractivity contribution in [3.63, 3.8) is 0 Å². The largest absolute Gasteiger partial charge is 0.476 e. The first kappa shape index (κ1) is 23.1. The van der Waals surface area contributed by atoms with Gasteiger partial charge in [0.25, 0.3) is 10.0 Å². The summed E-state index contributed by atoms with van der Waals surface area (Å²) in [6.07, 6.45) is 2.07. The van der Waals surface area contributed by atoms with Crippen molar-refractivity contribution in [1.82, 2.24) is 14.5 Å². The van der Waals surface area contributed by atoms with Crippen LogP contribution >= 0.6 is 0 Å². The Morgan fingerprint density at radius 3 is 2.42 bits per heavy atom. The van der Waals surface area contributed by atoms with Gasteiger partial charge in [-0.3, -0.25) is 0 Å². The summed E-state index contributed by atoms with van der Waals surface area (Å²) in [7, 11) is -4.22. The summed E-state index contributed by atoms with van der Waals surface area (Å²) < 4.78 is 48.9. The van der Waals surface area contributed by atoms with Crippen molar-refractivity contribution < 1.29 is 22.3 Å². The van der Waals surface area contributed by atoms with E-state index in [1.807, 2.05) is 39.3 Å². The second-order valence-corrected chi connectivity index (χ2v) is 10.1. The van der Waals surface area contributed by atoms with Crippen LogP contribution in [0.15, 0.2) is 23.2 Å². The van der Waals surface area contributed by atoms with Crippen LogP contribution in [0.3, 0.4) is 0 Å². The first-order chi connectivity index (χ1) is 14.5. The summed E-state index contributed by atoms with van der Waals surface area (Å²) in [5, 5.41) is 6.72. The number of urea groups is 1. The van der Waals surface area contributed by atoms with E-state index in [0.29, 0.717) is 30.0 Å². The quantitative estimate of drug-likeness (QED) is 0.684. The minimum atomic E-state index is -4.22. The fourth-order valence-corrected chi connectivity index (χ4v) is 4.56. The zero-order chi connectivity index (χ0) is 22.9. The molecule has 1 aliphatic rings. The molecule has 1 atom stereocenters. The lowest BCUT2D eigenvalue weighted by Gasteiger charge is -2.23. The molecule has 10 heteroatoms. The maximum absolute atomic E-state index is 14.1. The van der Waals surface area contributed by atoms with Crippen molar-refractivity contribution in [2.45, 2.75) is 64.3 Å². The predicted molar refractivity (Wildman–Crippen MR) is 115 cm³/mol. The lowest BCUT2D eigenvalue weighted by atomic mass is 9.92. The van der Waals surface area contributed by atoms with E-state index in [-0.39, 0.29) is 28.5 Å². The maximum Gasteiger partial charge on any atom is 0.333 e. The van der Waals surface area contributed by atoms with Gasteiger partial charge in [0.05, 0.1) is 19.3 Å². The molecule has 0 saturated carbocycles. The molecule has 1 aliphatic heterocycles. The molecule has 1 aromatic carbocycles. The Morgan fingerprint density at radius 1 is 1.26 bits per heavy atom. The minimum Gasteiger partial charge on any atom is -0.476 e. The Kier molecular flexibility index (Phi) is 6.59. The van der Waals surface area contributed by atoms with E-state index in [1.54, 1.807) is 0 Å². The van der Waals surface area contributed by atoms with Crippen LogP contribution in [0.5, 0.6) is 5.88 Å². The zero-order valence-electron chi connectivity index (χ0n) is 18.4. The highest BCUT2D eigenvalue weighted by molar-refractivity contribution is 7.90. The first-order valence-electron chi connectivity index (χ1n) is 10.4. The average Bonchev–Trinajstić information content (AvgIpc) is 3.12. The summed E-state index contributed by atoms with van der Waals surface area (Å²) >= 11 is 0. The van der Waals surface area contributed by atoms with E-state index in [4.69, 9.17) is 4.74 Å². The van der Waals surface area contributed by atoms with Crippen molar-refractivity contribution in [1.29, 1.82) is 0 Å². The average molecular weight is 453 g/mol. The maximum atomic E-state index is 14.1. The minimum absolute atomic E-state index is 0.0808. The number of rotatable bonds is 6. The number of aromatic nitrogens is 2. The van der Waals surface area contributed by atoms with Crippen LogP contribution < -0.4 is 14.8 Å². The van der Waals surface area contributed by atoms with Gasteiger partial charge in [-0.15, -0.1) is 0 Å². The van der Waals surface area contributed by atoms with Gasteiger partial charge in [-0.2, -0.15) is 5.10 Å². The van der Waals surface area contributed by atoms with Crippen LogP contribution in [-0.2, 0) is 16.6 Å². The highest BCUT2D eigenvalue weighted by atomic mass is 32.2. The Labute approximate surface area is 182 Å². The lowest BCUT2D eigenvalue weighted by molar-refractivity contribution is 0.157. The lowest BCUT2D eigenvalue weighted by Crippen LogP contribution is -2.35. The number of halogens is 1. The number of amides is 2. The van der Waals surface area contributed by atoms with E-state index >= 15 is 0 Å². The van der Waals surface area contributed by atoms with E-state index < -0.39 is 21.9 Å². The fourth-order valence-electron chi connectivity index (χ4n) is 3.58. The Morgan fingerprint density at radius 2 is 1.87 bits per heavy atom. The van der Waals surface area contributed by atoms with Crippen LogP contribution in [0.2, 0.25) is 0 Å². The summed E-state index contributed by atoms with van der Waals surface area (Å²) in [4.78, 5) is 12.5. The van der Waals surface area contributed by atoms with Gasteiger partial charge in [0, 0.05) is 11.6 Å². The predicted octanol–water partition coefficient (Wildman–Crippen LogP) is 4.20. The zero-order valence-corrected chi connectivity index (χ0v) is 19.2. The molecule has 2 amide bonds. The molecular weight excluding hydrogens is 423 g/mol. The highest BCUT2D eigenvalue weighted by Crippen LogP contribution is 2.34. The van der Waals surface area contributed by atoms with E-state index in [0.717, 1.165) is 6.42 Å². The standard InChI is InChI=1S/C21H29FN4O4S/c1-6-14-10-26-20(30-11-14)18(9-23-26)31(28,29)25-21(27)24-19-16(12(2)3)7-15(22)8-17(19)13(4)5/h7-9,12-14H,6,10-11H2,1-5H3,(H2,24,25,27)/t14-/m1/s1. The van der Waals surface area contributed by atoms with Gasteiger partial charge < -0.3 is 10.1 Å². The number of anilines is 1. The fraction of sp³-hybridized carbons (Fsp3) is 0.524. The number of hydrogen-bond donors (Lipinski definition) is 2.